The van der Waals surface area contributed by atoms with Crippen LogP contribution in [0.2, 0.25) is 0 Å². The summed E-state index contributed by atoms with van der Waals surface area (Å²) in [5.41, 5.74) is 2.29. The van der Waals surface area contributed by atoms with Crippen molar-refractivity contribution >= 4 is 10.9 Å². The minimum absolute atomic E-state index is 0.0240. The number of fused-ring (bicyclic) bond motifs is 1. The molecule has 0 aliphatic rings. The molecule has 0 bridgehead atoms. The summed E-state index contributed by atoms with van der Waals surface area (Å²) in [4.78, 5) is 7.27. The maximum absolute atomic E-state index is 12.2. The number of para-hydroxylation sites is 1. The van der Waals surface area contributed by atoms with Gasteiger partial charge in [0.25, 0.3) is 5.89 Å². The van der Waals surface area contributed by atoms with Gasteiger partial charge in [-0.2, -0.15) is 4.98 Å². The van der Waals surface area contributed by atoms with Crippen LogP contribution in [0.15, 0.2) is 59.3 Å². The highest BCUT2D eigenvalue weighted by atomic mass is 19.4. The van der Waals surface area contributed by atoms with Crippen LogP contribution in [-0.2, 0) is 6.42 Å². The Labute approximate surface area is 156 Å². The number of aliphatic hydroxyl groups excluding tert-OH is 1. The molecule has 28 heavy (non-hydrogen) atoms. The van der Waals surface area contributed by atoms with Crippen molar-refractivity contribution in [1.29, 1.82) is 0 Å². The molecule has 0 radical (unpaired) electrons. The summed E-state index contributed by atoms with van der Waals surface area (Å²) in [6.07, 6.45) is -3.70. The lowest BCUT2D eigenvalue weighted by Crippen LogP contribution is -2.16. The van der Waals surface area contributed by atoms with Crippen molar-refractivity contribution in [2.24, 2.45) is 0 Å². The molecule has 0 amide bonds. The van der Waals surface area contributed by atoms with Gasteiger partial charge in [0.2, 0.25) is 5.82 Å². The van der Waals surface area contributed by atoms with Crippen LogP contribution in [0, 0.1) is 0 Å². The molecular formula is C19H14F3N3O3. The number of rotatable bonds is 5. The maximum Gasteiger partial charge on any atom is 0.573 e. The highest BCUT2D eigenvalue weighted by molar-refractivity contribution is 5.83. The number of aromatic amines is 1. The summed E-state index contributed by atoms with van der Waals surface area (Å²) in [7, 11) is 0. The third-order valence-corrected chi connectivity index (χ3v) is 4.16. The van der Waals surface area contributed by atoms with Crippen LogP contribution >= 0.6 is 0 Å². The highest BCUT2D eigenvalue weighted by Gasteiger charge is 2.31. The van der Waals surface area contributed by atoms with E-state index in [1.165, 1.54) is 12.1 Å². The topological polar surface area (TPSA) is 84.2 Å². The van der Waals surface area contributed by atoms with Gasteiger partial charge in [-0.3, -0.25) is 0 Å². The van der Waals surface area contributed by atoms with Crippen LogP contribution in [0.4, 0.5) is 13.2 Å². The molecule has 0 fully saturated rings. The molecule has 2 N–H and O–H groups in total. The van der Waals surface area contributed by atoms with Crippen LogP contribution in [0.3, 0.4) is 0 Å². The molecule has 0 spiro atoms. The Bertz CT molecular complexity index is 1090. The second-order valence-electron chi connectivity index (χ2n) is 6.11. The number of ether oxygens (including phenoxy) is 1. The van der Waals surface area contributed by atoms with Crippen molar-refractivity contribution in [1.82, 2.24) is 15.1 Å². The fourth-order valence-corrected chi connectivity index (χ4v) is 2.89. The van der Waals surface area contributed by atoms with E-state index in [2.05, 4.69) is 19.9 Å². The van der Waals surface area contributed by atoms with Gasteiger partial charge < -0.3 is 19.4 Å². The molecule has 9 heteroatoms. The number of halogens is 3. The molecule has 4 rings (SSSR count). The Kier molecular flexibility index (Phi) is 4.52. The van der Waals surface area contributed by atoms with Gasteiger partial charge in [-0.15, -0.1) is 13.2 Å². The number of aliphatic hydroxyl groups is 1. The van der Waals surface area contributed by atoms with E-state index >= 15 is 0 Å². The number of H-pyrrole nitrogens is 1. The van der Waals surface area contributed by atoms with Crippen LogP contribution in [-0.4, -0.2) is 26.6 Å². The lowest BCUT2D eigenvalue weighted by Gasteiger charge is -2.08. The molecule has 1 atom stereocenters. The number of nitrogens with one attached hydrogen (secondary N) is 1. The van der Waals surface area contributed by atoms with Gasteiger partial charge in [0.05, 0.1) is 0 Å². The molecular weight excluding hydrogens is 375 g/mol. The normalized spacial score (nSPS) is 13.0. The van der Waals surface area contributed by atoms with Gasteiger partial charge in [-0.1, -0.05) is 23.4 Å². The van der Waals surface area contributed by atoms with Crippen molar-refractivity contribution in [3.05, 3.63) is 66.2 Å². The highest BCUT2D eigenvalue weighted by Crippen LogP contribution is 2.27. The van der Waals surface area contributed by atoms with Crippen molar-refractivity contribution in [3.8, 4) is 17.1 Å². The summed E-state index contributed by atoms with van der Waals surface area (Å²) in [6, 6.07) is 12.8. The number of aromatic nitrogens is 3. The average Bonchev–Trinajstić information content (AvgIpc) is 3.29. The monoisotopic (exact) mass is 389 g/mol. The van der Waals surface area contributed by atoms with Crippen molar-refractivity contribution in [2.45, 2.75) is 18.9 Å². The molecule has 6 nitrogen and oxygen atoms in total. The maximum atomic E-state index is 12.2. The predicted octanol–water partition coefficient (Wildman–Crippen LogP) is 4.39. The molecule has 2 heterocycles. The third-order valence-electron chi connectivity index (χ3n) is 4.16. The van der Waals surface area contributed by atoms with Crippen LogP contribution in [0.1, 0.15) is 17.6 Å². The van der Waals surface area contributed by atoms with E-state index in [4.69, 9.17) is 4.52 Å². The fourth-order valence-electron chi connectivity index (χ4n) is 2.89. The SMILES string of the molecule is OC(Cc1c[nH]c2ccccc12)c1nc(-c2ccc(OC(F)(F)F)cc2)no1. The first-order chi connectivity index (χ1) is 13.4. The minimum Gasteiger partial charge on any atom is -0.406 e. The van der Waals surface area contributed by atoms with E-state index in [1.807, 2.05) is 30.5 Å². The van der Waals surface area contributed by atoms with Crippen molar-refractivity contribution in [2.75, 3.05) is 0 Å². The van der Waals surface area contributed by atoms with E-state index < -0.39 is 12.5 Å². The van der Waals surface area contributed by atoms with Gasteiger partial charge in [-0.05, 0) is 35.9 Å². The van der Waals surface area contributed by atoms with Crippen molar-refractivity contribution < 1.29 is 27.5 Å². The van der Waals surface area contributed by atoms with Crippen LogP contribution in [0.5, 0.6) is 5.75 Å². The minimum atomic E-state index is -4.76. The lowest BCUT2D eigenvalue weighted by molar-refractivity contribution is -0.274. The molecule has 144 valence electrons. The number of hydrogen-bond acceptors (Lipinski definition) is 5. The van der Waals surface area contributed by atoms with Crippen molar-refractivity contribution in [3.63, 3.8) is 0 Å². The zero-order chi connectivity index (χ0) is 19.7. The number of alkyl halides is 3. The lowest BCUT2D eigenvalue weighted by atomic mass is 10.1. The Hall–Kier alpha value is -3.33. The molecule has 0 aliphatic carbocycles. The Morgan fingerprint density at radius 1 is 1.11 bits per heavy atom. The van der Waals surface area contributed by atoms with Gasteiger partial charge in [-0.25, -0.2) is 0 Å². The second-order valence-corrected chi connectivity index (χ2v) is 6.11. The first-order valence-electron chi connectivity index (χ1n) is 8.32. The zero-order valence-corrected chi connectivity index (χ0v) is 14.3. The van der Waals surface area contributed by atoms with E-state index in [9.17, 15) is 18.3 Å². The molecule has 2 aromatic carbocycles. The first kappa shape index (κ1) is 18.1. The quantitative estimate of drug-likeness (QED) is 0.529. The summed E-state index contributed by atoms with van der Waals surface area (Å²) in [5.74, 6) is -0.165. The largest absolute Gasteiger partial charge is 0.573 e. The number of hydrogen-bond donors (Lipinski definition) is 2. The van der Waals surface area contributed by atoms with E-state index in [0.29, 0.717) is 5.56 Å². The predicted molar refractivity (Wildman–Crippen MR) is 93.4 cm³/mol. The Morgan fingerprint density at radius 2 is 1.86 bits per heavy atom. The van der Waals surface area contributed by atoms with E-state index in [1.54, 1.807) is 0 Å². The number of nitrogens with zero attached hydrogens (tertiary/aromatic N) is 2. The third kappa shape index (κ3) is 3.84. The second kappa shape index (κ2) is 7.01. The summed E-state index contributed by atoms with van der Waals surface area (Å²) in [6.45, 7) is 0. The van der Waals surface area contributed by atoms with Gasteiger partial charge >= 0.3 is 6.36 Å². The molecule has 4 aromatic rings. The van der Waals surface area contributed by atoms with Gasteiger partial charge in [0.15, 0.2) is 0 Å². The average molecular weight is 389 g/mol. The van der Waals surface area contributed by atoms with E-state index in [-0.39, 0.29) is 23.9 Å². The molecule has 0 aliphatic heterocycles. The Balaban J connectivity index is 1.49. The Morgan fingerprint density at radius 3 is 2.61 bits per heavy atom. The molecule has 0 saturated heterocycles. The summed E-state index contributed by atoms with van der Waals surface area (Å²) >= 11 is 0. The molecule has 0 saturated carbocycles. The smallest absolute Gasteiger partial charge is 0.406 e. The van der Waals surface area contributed by atoms with Gasteiger partial charge in [0.1, 0.15) is 11.9 Å². The van der Waals surface area contributed by atoms with Crippen LogP contribution in [0.25, 0.3) is 22.3 Å². The summed E-state index contributed by atoms with van der Waals surface area (Å²) in [5, 5.41) is 15.2. The molecule has 1 unspecified atom stereocenters. The number of benzene rings is 2. The molecule has 2 aromatic heterocycles. The van der Waals surface area contributed by atoms with Crippen LogP contribution < -0.4 is 4.74 Å². The van der Waals surface area contributed by atoms with E-state index in [0.717, 1.165) is 28.6 Å². The summed E-state index contributed by atoms with van der Waals surface area (Å²) < 4.78 is 45.6. The van der Waals surface area contributed by atoms with Gasteiger partial charge in [0, 0.05) is 29.1 Å². The zero-order valence-electron chi connectivity index (χ0n) is 14.3. The standard InChI is InChI=1S/C19H14F3N3O3/c20-19(21,22)27-13-7-5-11(6-8-13)17-24-18(28-25-17)16(26)9-12-10-23-15-4-2-1-3-14(12)15/h1-8,10,16,23,26H,9H2. The first-order valence-corrected chi connectivity index (χ1v) is 8.32. The fraction of sp³-hybridized carbons (Fsp3) is 0.158.